The fraction of sp³-hybridized carbons (Fsp3) is 0.500. The maximum absolute atomic E-state index is 11.2. The Morgan fingerprint density at radius 1 is 1.83 bits per heavy atom. The topological polar surface area (TPSA) is 49.7 Å². The van der Waals surface area contributed by atoms with E-state index in [0.717, 1.165) is 5.70 Å². The largest absolute Gasteiger partial charge is 0.385 e. The first kappa shape index (κ1) is 9.61. The van der Waals surface area contributed by atoms with Gasteiger partial charge in [-0.3, -0.25) is 9.79 Å². The Bertz CT molecular complexity index is 272. The zero-order chi connectivity index (χ0) is 9.35. The number of rotatable bonds is 1. The second kappa shape index (κ2) is 3.11. The smallest absolute Gasteiger partial charge is 0.153 e. The summed E-state index contributed by atoms with van der Waals surface area (Å²) < 4.78 is -0.973. The summed E-state index contributed by atoms with van der Waals surface area (Å²) in [5.41, 5.74) is 0.729. The lowest BCUT2D eigenvalue weighted by molar-refractivity contribution is -0.119. The highest BCUT2D eigenvalue weighted by Crippen LogP contribution is 2.29. The predicted molar refractivity (Wildman–Crippen MR) is 50.6 cm³/mol. The third-order valence-corrected chi connectivity index (χ3v) is 3.06. The van der Waals surface area contributed by atoms with Crippen molar-refractivity contribution in [2.24, 2.45) is 4.99 Å². The number of carbonyl (C=O) groups is 1. The maximum Gasteiger partial charge on any atom is 0.153 e. The van der Waals surface area contributed by atoms with Crippen molar-refractivity contribution in [1.82, 2.24) is 0 Å². The number of hydrogen-bond donors (Lipinski definition) is 1. The molecule has 0 aromatic carbocycles. The minimum atomic E-state index is -0.973. The molecule has 66 valence electrons. The van der Waals surface area contributed by atoms with Crippen molar-refractivity contribution in [2.75, 3.05) is 0 Å². The summed E-state index contributed by atoms with van der Waals surface area (Å²) in [6, 6.07) is 0. The van der Waals surface area contributed by atoms with Crippen LogP contribution in [-0.2, 0) is 4.79 Å². The number of Topliss-reactive ketones (excluding diaryl/α,β-unsaturated/α-hetero) is 1. The van der Waals surface area contributed by atoms with Crippen molar-refractivity contribution in [3.05, 3.63) is 11.8 Å². The number of alkyl halides is 1. The van der Waals surface area contributed by atoms with Crippen LogP contribution in [-0.4, -0.2) is 27.5 Å². The summed E-state index contributed by atoms with van der Waals surface area (Å²) in [5.74, 6) is -0.125. The molecule has 4 heteroatoms. The zero-order valence-corrected chi connectivity index (χ0v) is 8.50. The van der Waals surface area contributed by atoms with Crippen molar-refractivity contribution >= 4 is 27.9 Å². The van der Waals surface area contributed by atoms with Crippen molar-refractivity contribution < 1.29 is 9.90 Å². The van der Waals surface area contributed by atoms with Gasteiger partial charge in [-0.1, -0.05) is 15.9 Å². The highest BCUT2D eigenvalue weighted by Gasteiger charge is 2.38. The number of allylic oxidation sites excluding steroid dienone is 1. The molecule has 1 rings (SSSR count). The van der Waals surface area contributed by atoms with Crippen LogP contribution >= 0.6 is 15.9 Å². The molecular formula is C8H10BrNO2. The minimum absolute atomic E-state index is 0.125. The fourth-order valence-corrected chi connectivity index (χ4v) is 1.48. The molecule has 0 saturated heterocycles. The van der Waals surface area contributed by atoms with E-state index in [0.29, 0.717) is 0 Å². The van der Waals surface area contributed by atoms with Crippen LogP contribution in [0.3, 0.4) is 0 Å². The second-order valence-electron chi connectivity index (χ2n) is 2.83. The molecule has 0 bridgehead atoms. The van der Waals surface area contributed by atoms with Gasteiger partial charge >= 0.3 is 0 Å². The summed E-state index contributed by atoms with van der Waals surface area (Å²) >= 11 is 3.20. The molecule has 1 N–H and O–H groups in total. The van der Waals surface area contributed by atoms with Crippen LogP contribution in [0.2, 0.25) is 0 Å². The average Bonchev–Trinajstić information content (AvgIpc) is 1.97. The Hall–Kier alpha value is -0.480. The lowest BCUT2D eigenvalue weighted by Crippen LogP contribution is -2.43. The lowest BCUT2D eigenvalue weighted by atomic mass is 9.95. The molecule has 1 aliphatic heterocycles. The molecule has 2 unspecified atom stereocenters. The molecule has 2 atom stereocenters. The molecule has 0 spiro atoms. The summed E-state index contributed by atoms with van der Waals surface area (Å²) in [7, 11) is 0. The van der Waals surface area contributed by atoms with Gasteiger partial charge in [-0.15, -0.1) is 0 Å². The SMILES string of the molecule is CC(=O)C1(Br)C=C(C)N=CC1O. The molecule has 3 nitrogen and oxygen atoms in total. The minimum Gasteiger partial charge on any atom is -0.385 e. The van der Waals surface area contributed by atoms with Gasteiger partial charge in [0.25, 0.3) is 0 Å². The van der Waals surface area contributed by atoms with Gasteiger partial charge in [0.15, 0.2) is 5.78 Å². The molecule has 0 aromatic heterocycles. The first-order valence-corrected chi connectivity index (χ1v) is 4.38. The molecule has 0 aromatic rings. The third kappa shape index (κ3) is 1.49. The quantitative estimate of drug-likeness (QED) is 0.687. The Labute approximate surface area is 79.3 Å². The van der Waals surface area contributed by atoms with Crippen molar-refractivity contribution in [3.8, 4) is 0 Å². The number of aliphatic hydroxyl groups excluding tert-OH is 1. The van der Waals surface area contributed by atoms with Crippen molar-refractivity contribution in [3.63, 3.8) is 0 Å². The van der Waals surface area contributed by atoms with E-state index in [2.05, 4.69) is 20.9 Å². The van der Waals surface area contributed by atoms with E-state index >= 15 is 0 Å². The highest BCUT2D eigenvalue weighted by molar-refractivity contribution is 9.10. The molecule has 0 amide bonds. The van der Waals surface area contributed by atoms with Crippen LogP contribution in [0.5, 0.6) is 0 Å². The summed E-state index contributed by atoms with van der Waals surface area (Å²) in [4.78, 5) is 15.1. The van der Waals surface area contributed by atoms with Crippen LogP contribution in [0.15, 0.2) is 16.8 Å². The maximum atomic E-state index is 11.2. The van der Waals surface area contributed by atoms with Gasteiger partial charge in [-0.05, 0) is 19.9 Å². The summed E-state index contributed by atoms with van der Waals surface area (Å²) in [6.45, 7) is 3.21. The number of aliphatic imine (C=N–C) groups is 1. The molecule has 1 aliphatic rings. The van der Waals surface area contributed by atoms with Gasteiger partial charge in [0.2, 0.25) is 0 Å². The first-order valence-electron chi connectivity index (χ1n) is 3.58. The second-order valence-corrected chi connectivity index (χ2v) is 4.15. The number of halogens is 1. The van der Waals surface area contributed by atoms with E-state index < -0.39 is 10.4 Å². The van der Waals surface area contributed by atoms with E-state index in [1.54, 1.807) is 13.0 Å². The molecule has 1 heterocycles. The van der Waals surface area contributed by atoms with E-state index in [1.165, 1.54) is 13.1 Å². The number of nitrogens with zero attached hydrogens (tertiary/aromatic N) is 1. The highest BCUT2D eigenvalue weighted by atomic mass is 79.9. The number of ketones is 1. The van der Waals surface area contributed by atoms with Crippen molar-refractivity contribution in [2.45, 2.75) is 24.3 Å². The van der Waals surface area contributed by atoms with Gasteiger partial charge in [-0.25, -0.2) is 0 Å². The predicted octanol–water partition coefficient (Wildman–Crippen LogP) is 1.06. The van der Waals surface area contributed by atoms with Crippen molar-refractivity contribution in [1.29, 1.82) is 0 Å². The third-order valence-electron chi connectivity index (χ3n) is 1.81. The first-order chi connectivity index (χ1) is 5.47. The van der Waals surface area contributed by atoms with Gasteiger partial charge in [0, 0.05) is 11.9 Å². The van der Waals surface area contributed by atoms with Crippen LogP contribution in [0, 0.1) is 0 Å². The van der Waals surface area contributed by atoms with Crippen LogP contribution in [0.25, 0.3) is 0 Å². The van der Waals surface area contributed by atoms with Gasteiger partial charge in [0.1, 0.15) is 10.4 Å². The van der Waals surface area contributed by atoms with Gasteiger partial charge in [0.05, 0.1) is 0 Å². The average molecular weight is 232 g/mol. The normalized spacial score (nSPS) is 34.7. The monoisotopic (exact) mass is 231 g/mol. The van der Waals surface area contributed by atoms with Gasteiger partial charge in [-0.2, -0.15) is 0 Å². The van der Waals surface area contributed by atoms with Crippen LogP contribution in [0.4, 0.5) is 0 Å². The van der Waals surface area contributed by atoms with E-state index in [-0.39, 0.29) is 5.78 Å². The summed E-state index contributed by atoms with van der Waals surface area (Å²) in [6.07, 6.45) is 2.12. The molecule has 0 fully saturated rings. The molecule has 0 saturated carbocycles. The Kier molecular flexibility index (Phi) is 2.49. The molecule has 0 radical (unpaired) electrons. The van der Waals surface area contributed by atoms with E-state index in [4.69, 9.17) is 0 Å². The molecule has 12 heavy (non-hydrogen) atoms. The van der Waals surface area contributed by atoms with E-state index in [1.807, 2.05) is 0 Å². The standard InChI is InChI=1S/C8H10BrNO2/c1-5-3-8(9,6(2)11)7(12)4-10-5/h3-4,7,12H,1-2H3. The molecule has 0 aliphatic carbocycles. The number of hydrogen-bond acceptors (Lipinski definition) is 3. The van der Waals surface area contributed by atoms with Gasteiger partial charge < -0.3 is 5.11 Å². The van der Waals surface area contributed by atoms with Crippen LogP contribution < -0.4 is 0 Å². The zero-order valence-electron chi connectivity index (χ0n) is 6.91. The van der Waals surface area contributed by atoms with Crippen LogP contribution in [0.1, 0.15) is 13.8 Å². The Morgan fingerprint density at radius 2 is 2.42 bits per heavy atom. The fourth-order valence-electron chi connectivity index (χ4n) is 1.03. The number of aliphatic hydroxyl groups is 1. The summed E-state index contributed by atoms with van der Waals surface area (Å²) in [5, 5.41) is 9.45. The Balaban J connectivity index is 3.05. The van der Waals surface area contributed by atoms with E-state index in [9.17, 15) is 9.90 Å². The number of carbonyl (C=O) groups excluding carboxylic acids is 1. The molecular weight excluding hydrogens is 222 g/mol. The Morgan fingerprint density at radius 3 is 2.83 bits per heavy atom. The lowest BCUT2D eigenvalue weighted by Gasteiger charge is -2.27.